The zero-order valence-electron chi connectivity index (χ0n) is 11.5. The number of carbonyl (C=O) groups excluding carboxylic acids is 1. The van der Waals surface area contributed by atoms with Crippen molar-refractivity contribution in [1.29, 1.82) is 0 Å². The lowest BCUT2D eigenvalue weighted by molar-refractivity contribution is 0.103. The van der Waals surface area contributed by atoms with Crippen LogP contribution in [-0.4, -0.2) is 5.78 Å². The molecule has 0 aliphatic rings. The Kier molecular flexibility index (Phi) is 4.67. The van der Waals surface area contributed by atoms with Gasteiger partial charge in [-0.05, 0) is 36.1 Å². The number of carbonyl (C=O) groups is 1. The van der Waals surface area contributed by atoms with Gasteiger partial charge in [-0.3, -0.25) is 4.79 Å². The fourth-order valence-corrected chi connectivity index (χ4v) is 2.18. The molecule has 0 unspecified atom stereocenters. The Morgan fingerprint density at radius 1 is 0.850 bits per heavy atom. The zero-order chi connectivity index (χ0) is 14.4. The van der Waals surface area contributed by atoms with Gasteiger partial charge in [-0.15, -0.1) is 13.2 Å². The summed E-state index contributed by atoms with van der Waals surface area (Å²) in [6.07, 6.45) is 5.23. The van der Waals surface area contributed by atoms with Crippen molar-refractivity contribution in [2.45, 2.75) is 12.8 Å². The molecule has 0 saturated heterocycles. The van der Waals surface area contributed by atoms with Gasteiger partial charge in [0.1, 0.15) is 0 Å². The molecule has 0 radical (unpaired) electrons. The van der Waals surface area contributed by atoms with E-state index in [9.17, 15) is 4.79 Å². The van der Waals surface area contributed by atoms with Crippen molar-refractivity contribution in [2.75, 3.05) is 0 Å². The fourth-order valence-electron chi connectivity index (χ4n) is 2.18. The van der Waals surface area contributed by atoms with Crippen molar-refractivity contribution in [3.8, 4) is 0 Å². The van der Waals surface area contributed by atoms with Gasteiger partial charge >= 0.3 is 0 Å². The lowest BCUT2D eigenvalue weighted by Crippen LogP contribution is -2.02. The van der Waals surface area contributed by atoms with Crippen LogP contribution in [0.15, 0.2) is 73.8 Å². The van der Waals surface area contributed by atoms with Crippen LogP contribution in [0.2, 0.25) is 0 Å². The molecule has 2 rings (SSSR count). The zero-order valence-corrected chi connectivity index (χ0v) is 11.5. The van der Waals surface area contributed by atoms with Gasteiger partial charge in [0.25, 0.3) is 0 Å². The second kappa shape index (κ2) is 6.67. The molecule has 0 amide bonds. The average molecular weight is 262 g/mol. The first-order chi connectivity index (χ1) is 9.74. The first-order valence-corrected chi connectivity index (χ1v) is 6.69. The topological polar surface area (TPSA) is 17.1 Å². The summed E-state index contributed by atoms with van der Waals surface area (Å²) in [5.74, 6) is 0.0572. The number of rotatable bonds is 6. The molecule has 0 aromatic heterocycles. The third kappa shape index (κ3) is 3.33. The molecule has 1 heteroatoms. The van der Waals surface area contributed by atoms with Crippen LogP contribution in [0.3, 0.4) is 0 Å². The Morgan fingerprint density at radius 3 is 1.70 bits per heavy atom. The molecule has 0 heterocycles. The van der Waals surface area contributed by atoms with Crippen molar-refractivity contribution in [3.63, 3.8) is 0 Å². The largest absolute Gasteiger partial charge is 0.289 e. The summed E-state index contributed by atoms with van der Waals surface area (Å²) in [7, 11) is 0. The lowest BCUT2D eigenvalue weighted by atomic mass is 9.98. The molecule has 2 aromatic rings. The second-order valence-corrected chi connectivity index (χ2v) is 4.72. The second-order valence-electron chi connectivity index (χ2n) is 4.72. The molecule has 0 aliphatic heterocycles. The molecule has 100 valence electrons. The van der Waals surface area contributed by atoms with Crippen LogP contribution in [0.5, 0.6) is 0 Å². The molecule has 0 aliphatic carbocycles. The Balaban J connectivity index is 2.30. The molecular weight excluding hydrogens is 244 g/mol. The monoisotopic (exact) mass is 262 g/mol. The maximum atomic E-state index is 12.5. The quantitative estimate of drug-likeness (QED) is 0.558. The first-order valence-electron chi connectivity index (χ1n) is 6.69. The van der Waals surface area contributed by atoms with Crippen molar-refractivity contribution in [1.82, 2.24) is 0 Å². The molecule has 2 aromatic carbocycles. The van der Waals surface area contributed by atoms with E-state index in [2.05, 4.69) is 13.2 Å². The number of benzene rings is 2. The summed E-state index contributed by atoms with van der Waals surface area (Å²) in [6, 6.07) is 15.4. The first kappa shape index (κ1) is 14.0. The van der Waals surface area contributed by atoms with Crippen LogP contribution in [0.25, 0.3) is 0 Å². The third-order valence-corrected chi connectivity index (χ3v) is 3.14. The Hall–Kier alpha value is -2.41. The van der Waals surface area contributed by atoms with E-state index in [0.29, 0.717) is 0 Å². The van der Waals surface area contributed by atoms with Crippen LogP contribution in [0.1, 0.15) is 27.0 Å². The van der Waals surface area contributed by atoms with Gasteiger partial charge in [-0.25, -0.2) is 0 Å². The van der Waals surface area contributed by atoms with Gasteiger partial charge in [-0.1, -0.05) is 48.6 Å². The Morgan fingerprint density at radius 2 is 1.30 bits per heavy atom. The molecule has 1 nitrogen and oxygen atoms in total. The molecule has 20 heavy (non-hydrogen) atoms. The van der Waals surface area contributed by atoms with E-state index in [1.54, 1.807) is 0 Å². The molecule has 0 fully saturated rings. The number of ketones is 1. The standard InChI is InChI=1S/C19H18O/c1-3-7-15-9-5-11-17(13-15)19(20)18-12-6-10-16(14-18)8-4-2/h3-6,9-14H,1-2,7-8H2. The third-order valence-electron chi connectivity index (χ3n) is 3.14. The molecular formula is C19H18O. The van der Waals surface area contributed by atoms with E-state index in [1.807, 2.05) is 60.7 Å². The normalized spacial score (nSPS) is 10.0. The van der Waals surface area contributed by atoms with Crippen LogP contribution in [0.4, 0.5) is 0 Å². The summed E-state index contributed by atoms with van der Waals surface area (Å²) in [5, 5.41) is 0. The maximum Gasteiger partial charge on any atom is 0.193 e. The number of hydrogen-bond acceptors (Lipinski definition) is 1. The minimum absolute atomic E-state index is 0.0572. The summed E-state index contributed by atoms with van der Waals surface area (Å²) >= 11 is 0. The minimum atomic E-state index is 0.0572. The summed E-state index contributed by atoms with van der Waals surface area (Å²) in [5.41, 5.74) is 3.65. The lowest BCUT2D eigenvalue weighted by Gasteiger charge is -2.05. The van der Waals surface area contributed by atoms with Crippen molar-refractivity contribution in [3.05, 3.63) is 96.1 Å². The van der Waals surface area contributed by atoms with Crippen molar-refractivity contribution in [2.24, 2.45) is 0 Å². The SMILES string of the molecule is C=CCc1cccc(C(=O)c2cccc(CC=C)c2)c1. The van der Waals surface area contributed by atoms with Gasteiger partial charge in [0.15, 0.2) is 5.78 Å². The van der Waals surface area contributed by atoms with Crippen molar-refractivity contribution < 1.29 is 4.79 Å². The molecule has 0 atom stereocenters. The fraction of sp³-hybridized carbons (Fsp3) is 0.105. The number of hydrogen-bond donors (Lipinski definition) is 0. The highest BCUT2D eigenvalue weighted by atomic mass is 16.1. The highest BCUT2D eigenvalue weighted by molar-refractivity contribution is 6.09. The number of allylic oxidation sites excluding steroid dienone is 2. The summed E-state index contributed by atoms with van der Waals surface area (Å²) in [4.78, 5) is 12.5. The van der Waals surface area contributed by atoms with Crippen LogP contribution in [0, 0.1) is 0 Å². The van der Waals surface area contributed by atoms with E-state index < -0.39 is 0 Å². The van der Waals surface area contributed by atoms with Gasteiger partial charge in [0.05, 0.1) is 0 Å². The van der Waals surface area contributed by atoms with Gasteiger partial charge < -0.3 is 0 Å². The van der Waals surface area contributed by atoms with Gasteiger partial charge in [0.2, 0.25) is 0 Å². The van der Waals surface area contributed by atoms with Crippen LogP contribution >= 0.6 is 0 Å². The van der Waals surface area contributed by atoms with Crippen molar-refractivity contribution >= 4 is 5.78 Å². The maximum absolute atomic E-state index is 12.5. The van der Waals surface area contributed by atoms with E-state index in [-0.39, 0.29) is 5.78 Å². The highest BCUT2D eigenvalue weighted by Gasteiger charge is 2.09. The van der Waals surface area contributed by atoms with E-state index >= 15 is 0 Å². The predicted molar refractivity (Wildman–Crippen MR) is 84.1 cm³/mol. The summed E-state index contributed by atoms with van der Waals surface area (Å²) in [6.45, 7) is 7.45. The molecule has 0 N–H and O–H groups in total. The van der Waals surface area contributed by atoms with Crippen LogP contribution in [-0.2, 0) is 12.8 Å². The van der Waals surface area contributed by atoms with E-state index in [1.165, 1.54) is 0 Å². The summed E-state index contributed by atoms with van der Waals surface area (Å²) < 4.78 is 0. The Bertz CT molecular complexity index is 582. The predicted octanol–water partition coefficient (Wildman–Crippen LogP) is 4.37. The Labute approximate surface area is 120 Å². The smallest absolute Gasteiger partial charge is 0.193 e. The highest BCUT2D eigenvalue weighted by Crippen LogP contribution is 2.14. The van der Waals surface area contributed by atoms with Crippen LogP contribution < -0.4 is 0 Å². The van der Waals surface area contributed by atoms with Gasteiger partial charge in [-0.2, -0.15) is 0 Å². The molecule has 0 saturated carbocycles. The average Bonchev–Trinajstić information content (AvgIpc) is 2.48. The minimum Gasteiger partial charge on any atom is -0.289 e. The van der Waals surface area contributed by atoms with E-state index in [4.69, 9.17) is 0 Å². The van der Waals surface area contributed by atoms with E-state index in [0.717, 1.165) is 35.1 Å². The molecule has 0 spiro atoms. The van der Waals surface area contributed by atoms with Gasteiger partial charge in [0, 0.05) is 11.1 Å². The molecule has 0 bridgehead atoms.